The Morgan fingerprint density at radius 2 is 0.923 bits per heavy atom. The van der Waals surface area contributed by atoms with Crippen LogP contribution < -0.4 is 4.90 Å². The van der Waals surface area contributed by atoms with Gasteiger partial charge in [0.05, 0.1) is 0 Å². The SMILES string of the molecule is Cc1cc(C=Cc2ccc(N(c3ccc(C=Cc4ccccc4)cc3)c3ccc4c(c3)C(C)(C)c3ccccc3-4)cc2)sc1C=Cc1ccccc1. The molecule has 0 bridgehead atoms. The molecule has 0 saturated heterocycles. The number of rotatable bonds is 9. The fraction of sp³-hybridized carbons (Fsp3) is 0.0800. The van der Waals surface area contributed by atoms with Crippen molar-refractivity contribution in [1.82, 2.24) is 0 Å². The maximum atomic E-state index is 2.40. The zero-order valence-corrected chi connectivity index (χ0v) is 30.6. The molecule has 1 nitrogen and oxygen atoms in total. The van der Waals surface area contributed by atoms with E-state index >= 15 is 0 Å². The van der Waals surface area contributed by atoms with E-state index in [-0.39, 0.29) is 5.41 Å². The monoisotopic (exact) mass is 687 g/mol. The molecule has 0 saturated carbocycles. The van der Waals surface area contributed by atoms with E-state index in [1.54, 1.807) is 0 Å². The van der Waals surface area contributed by atoms with E-state index in [2.05, 4.69) is 214 Å². The lowest BCUT2D eigenvalue weighted by molar-refractivity contribution is 0.660. The number of hydrogen-bond donors (Lipinski definition) is 0. The maximum Gasteiger partial charge on any atom is 0.0465 e. The minimum atomic E-state index is -0.0777. The summed E-state index contributed by atoms with van der Waals surface area (Å²) in [6, 6.07) is 56.8. The molecule has 2 heteroatoms. The molecule has 1 aliphatic carbocycles. The van der Waals surface area contributed by atoms with E-state index in [9.17, 15) is 0 Å². The lowest BCUT2D eigenvalue weighted by atomic mass is 9.82. The van der Waals surface area contributed by atoms with Crippen molar-refractivity contribution in [2.24, 2.45) is 0 Å². The van der Waals surface area contributed by atoms with Crippen LogP contribution in [-0.2, 0) is 5.41 Å². The molecule has 52 heavy (non-hydrogen) atoms. The Balaban J connectivity index is 1.09. The largest absolute Gasteiger partial charge is 0.310 e. The molecule has 1 aromatic heterocycles. The van der Waals surface area contributed by atoms with Gasteiger partial charge in [-0.2, -0.15) is 0 Å². The van der Waals surface area contributed by atoms with Crippen molar-refractivity contribution in [3.63, 3.8) is 0 Å². The molecule has 0 radical (unpaired) electrons. The Labute approximate surface area is 312 Å². The van der Waals surface area contributed by atoms with Crippen LogP contribution in [0.25, 0.3) is 47.6 Å². The average Bonchev–Trinajstić information content (AvgIpc) is 3.66. The quantitative estimate of drug-likeness (QED) is 0.137. The first-order chi connectivity index (χ1) is 25.4. The van der Waals surface area contributed by atoms with Crippen LogP contribution in [0.4, 0.5) is 17.1 Å². The average molecular weight is 688 g/mol. The van der Waals surface area contributed by atoms with Crippen LogP contribution in [0.15, 0.2) is 158 Å². The molecule has 0 aliphatic heterocycles. The van der Waals surface area contributed by atoms with Crippen LogP contribution in [-0.4, -0.2) is 0 Å². The summed E-state index contributed by atoms with van der Waals surface area (Å²) in [6.07, 6.45) is 13.2. The van der Waals surface area contributed by atoms with Crippen LogP contribution in [0.5, 0.6) is 0 Å². The number of anilines is 3. The van der Waals surface area contributed by atoms with E-state index in [1.807, 2.05) is 17.4 Å². The van der Waals surface area contributed by atoms with Crippen LogP contribution in [0.2, 0.25) is 0 Å². The number of nitrogens with zero attached hydrogens (tertiary/aromatic N) is 1. The molecule has 0 fully saturated rings. The minimum Gasteiger partial charge on any atom is -0.310 e. The lowest BCUT2D eigenvalue weighted by Gasteiger charge is -2.28. The van der Waals surface area contributed by atoms with Gasteiger partial charge in [-0.15, -0.1) is 11.3 Å². The van der Waals surface area contributed by atoms with E-state index in [1.165, 1.54) is 59.8 Å². The molecule has 252 valence electrons. The van der Waals surface area contributed by atoms with Crippen LogP contribution >= 0.6 is 11.3 Å². The second kappa shape index (κ2) is 14.3. The number of benzene rings is 6. The van der Waals surface area contributed by atoms with Crippen molar-refractivity contribution in [1.29, 1.82) is 0 Å². The molecule has 0 atom stereocenters. The Morgan fingerprint density at radius 1 is 0.442 bits per heavy atom. The maximum absolute atomic E-state index is 2.40. The van der Waals surface area contributed by atoms with Crippen molar-refractivity contribution in [3.05, 3.63) is 206 Å². The summed E-state index contributed by atoms with van der Waals surface area (Å²) in [4.78, 5) is 4.92. The van der Waals surface area contributed by atoms with Gasteiger partial charge in [0.1, 0.15) is 0 Å². The number of fused-ring (bicyclic) bond motifs is 3. The van der Waals surface area contributed by atoms with Crippen molar-refractivity contribution >= 4 is 64.9 Å². The number of hydrogen-bond acceptors (Lipinski definition) is 2. The van der Waals surface area contributed by atoms with Gasteiger partial charge in [0.25, 0.3) is 0 Å². The summed E-state index contributed by atoms with van der Waals surface area (Å²) in [5, 5.41) is 0. The van der Waals surface area contributed by atoms with Gasteiger partial charge in [0.15, 0.2) is 0 Å². The van der Waals surface area contributed by atoms with E-state index in [0.29, 0.717) is 0 Å². The van der Waals surface area contributed by atoms with Gasteiger partial charge in [-0.3, -0.25) is 0 Å². The zero-order valence-electron chi connectivity index (χ0n) is 29.8. The third-order valence-corrected chi connectivity index (χ3v) is 11.2. The van der Waals surface area contributed by atoms with Gasteiger partial charge in [0, 0.05) is 32.2 Å². The van der Waals surface area contributed by atoms with Gasteiger partial charge in [-0.1, -0.05) is 153 Å². The van der Waals surface area contributed by atoms with Gasteiger partial charge >= 0.3 is 0 Å². The smallest absolute Gasteiger partial charge is 0.0465 e. The number of thiophene rings is 1. The lowest BCUT2D eigenvalue weighted by Crippen LogP contribution is -2.16. The van der Waals surface area contributed by atoms with Gasteiger partial charge in [-0.25, -0.2) is 0 Å². The molecule has 7 aromatic rings. The highest BCUT2D eigenvalue weighted by molar-refractivity contribution is 7.14. The third kappa shape index (κ3) is 6.86. The fourth-order valence-electron chi connectivity index (χ4n) is 7.19. The molecule has 8 rings (SSSR count). The minimum absolute atomic E-state index is 0.0777. The molecule has 1 aliphatic rings. The molecule has 0 amide bonds. The fourth-order valence-corrected chi connectivity index (χ4v) is 8.17. The van der Waals surface area contributed by atoms with Crippen molar-refractivity contribution in [2.45, 2.75) is 26.2 Å². The third-order valence-electron chi connectivity index (χ3n) is 10.0. The first-order valence-electron chi connectivity index (χ1n) is 17.9. The van der Waals surface area contributed by atoms with Gasteiger partial charge < -0.3 is 4.90 Å². The molecule has 1 heterocycles. The second-order valence-corrected chi connectivity index (χ2v) is 15.1. The summed E-state index contributed by atoms with van der Waals surface area (Å²) in [7, 11) is 0. The summed E-state index contributed by atoms with van der Waals surface area (Å²) in [5.41, 5.74) is 14.8. The van der Waals surface area contributed by atoms with Crippen molar-refractivity contribution < 1.29 is 0 Å². The first kappa shape index (κ1) is 33.2. The first-order valence-corrected chi connectivity index (χ1v) is 18.7. The van der Waals surface area contributed by atoms with E-state index < -0.39 is 0 Å². The predicted molar refractivity (Wildman–Crippen MR) is 227 cm³/mol. The molecule has 0 unspecified atom stereocenters. The van der Waals surface area contributed by atoms with E-state index in [0.717, 1.165) is 17.1 Å². The topological polar surface area (TPSA) is 3.24 Å². The molecule has 0 spiro atoms. The molecular formula is C50H41NS. The highest BCUT2D eigenvalue weighted by Gasteiger charge is 2.35. The summed E-state index contributed by atoms with van der Waals surface area (Å²) >= 11 is 1.82. The van der Waals surface area contributed by atoms with E-state index in [4.69, 9.17) is 0 Å². The van der Waals surface area contributed by atoms with Crippen molar-refractivity contribution in [2.75, 3.05) is 4.90 Å². The molecule has 6 aromatic carbocycles. The Bertz CT molecular complexity index is 2410. The van der Waals surface area contributed by atoms with Crippen LogP contribution in [0.1, 0.15) is 62.5 Å². The standard InChI is InChI=1S/C50H41NS/c1-36-34-44(52-49(36)33-25-38-14-8-5-9-15-38)31-24-40-22-28-42(29-23-40)51(41-26-20-39(21-27-41)19-18-37-12-6-4-7-13-37)43-30-32-46-45-16-10-11-17-47(45)50(2,3)48(46)35-43/h4-35H,1-3H3. The normalized spacial score (nSPS) is 13.2. The van der Waals surface area contributed by atoms with Crippen molar-refractivity contribution in [3.8, 4) is 11.1 Å². The Hall–Kier alpha value is -5.96. The highest BCUT2D eigenvalue weighted by atomic mass is 32.1. The Kier molecular flexibility index (Phi) is 9.16. The molecular weight excluding hydrogens is 647 g/mol. The van der Waals surface area contributed by atoms with Gasteiger partial charge in [-0.05, 0) is 112 Å². The second-order valence-electron chi connectivity index (χ2n) is 13.9. The molecule has 0 N–H and O–H groups in total. The summed E-state index contributed by atoms with van der Waals surface area (Å²) < 4.78 is 0. The number of aryl methyl sites for hydroxylation is 1. The predicted octanol–water partition coefficient (Wildman–Crippen LogP) is 14.3. The van der Waals surface area contributed by atoms with Crippen LogP contribution in [0.3, 0.4) is 0 Å². The van der Waals surface area contributed by atoms with Crippen LogP contribution in [0, 0.1) is 6.92 Å². The summed E-state index contributed by atoms with van der Waals surface area (Å²) in [5.74, 6) is 0. The van der Waals surface area contributed by atoms with Gasteiger partial charge in [0.2, 0.25) is 0 Å². The zero-order chi connectivity index (χ0) is 35.5. The highest BCUT2D eigenvalue weighted by Crippen LogP contribution is 2.50. The Morgan fingerprint density at radius 3 is 1.54 bits per heavy atom. The summed E-state index contributed by atoms with van der Waals surface area (Å²) in [6.45, 7) is 6.88.